The molecular formula is C20H29N3O5S. The van der Waals surface area contributed by atoms with Crippen molar-refractivity contribution in [2.75, 3.05) is 45.7 Å². The van der Waals surface area contributed by atoms with Gasteiger partial charge in [0.1, 0.15) is 5.75 Å². The predicted molar refractivity (Wildman–Crippen MR) is 112 cm³/mol. The van der Waals surface area contributed by atoms with Crippen LogP contribution in [0.5, 0.6) is 5.75 Å². The van der Waals surface area contributed by atoms with E-state index in [-0.39, 0.29) is 25.0 Å². The van der Waals surface area contributed by atoms with Crippen LogP contribution in [-0.2, 0) is 14.3 Å². The van der Waals surface area contributed by atoms with Gasteiger partial charge in [-0.3, -0.25) is 4.18 Å². The van der Waals surface area contributed by atoms with Crippen molar-refractivity contribution in [2.24, 2.45) is 0 Å². The van der Waals surface area contributed by atoms with Gasteiger partial charge in [0.25, 0.3) is 10.1 Å². The molecule has 1 heterocycles. The van der Waals surface area contributed by atoms with E-state index >= 15 is 0 Å². The number of likely N-dealkylation sites (N-methyl/N-ethyl adjacent to an activating group) is 1. The molecule has 2 aromatic rings. The van der Waals surface area contributed by atoms with Crippen molar-refractivity contribution < 1.29 is 22.4 Å². The average molecular weight is 424 g/mol. The molecule has 0 saturated carbocycles. The molecule has 1 fully saturated rings. The van der Waals surface area contributed by atoms with E-state index in [9.17, 15) is 13.5 Å². The van der Waals surface area contributed by atoms with E-state index in [1.807, 2.05) is 59.5 Å². The minimum absolute atomic E-state index is 0.0189. The summed E-state index contributed by atoms with van der Waals surface area (Å²) in [5.41, 5.74) is 3.08. The van der Waals surface area contributed by atoms with Gasteiger partial charge in [-0.05, 0) is 29.3 Å². The van der Waals surface area contributed by atoms with Crippen LogP contribution in [0.4, 0.5) is 0 Å². The maximum absolute atomic E-state index is 12.0. The van der Waals surface area contributed by atoms with Gasteiger partial charge in [-0.1, -0.05) is 30.3 Å². The molecule has 1 unspecified atom stereocenters. The second-order valence-corrected chi connectivity index (χ2v) is 8.90. The summed E-state index contributed by atoms with van der Waals surface area (Å²) in [4.78, 5) is 0. The molecule has 8 nitrogen and oxygen atoms in total. The second-order valence-electron chi connectivity index (χ2n) is 7.14. The van der Waals surface area contributed by atoms with Gasteiger partial charge in [-0.2, -0.15) is 14.0 Å². The predicted octanol–water partition coefficient (Wildman–Crippen LogP) is 1.37. The molecule has 0 bridgehead atoms. The summed E-state index contributed by atoms with van der Waals surface area (Å²) < 4.78 is 34.8. The van der Waals surface area contributed by atoms with E-state index in [0.717, 1.165) is 16.5 Å². The summed E-state index contributed by atoms with van der Waals surface area (Å²) in [6, 6.07) is 13.9. The molecule has 1 atom stereocenters. The molecule has 1 saturated heterocycles. The van der Waals surface area contributed by atoms with Gasteiger partial charge in [0, 0.05) is 26.6 Å². The van der Waals surface area contributed by atoms with Gasteiger partial charge in [-0.15, -0.1) is 0 Å². The average Bonchev–Trinajstić information content (AvgIpc) is 3.07. The zero-order valence-electron chi connectivity index (χ0n) is 16.7. The smallest absolute Gasteiger partial charge is 0.267 e. The number of hydrogen-bond donors (Lipinski definition) is 2. The summed E-state index contributed by atoms with van der Waals surface area (Å²) in [6.07, 6.45) is 0.942. The third-order valence-corrected chi connectivity index (χ3v) is 6.17. The Morgan fingerprint density at radius 1 is 1.14 bits per heavy atom. The molecule has 160 valence electrons. The molecular weight excluding hydrogens is 394 g/mol. The number of fused-ring (bicyclic) bond motifs is 1. The quantitative estimate of drug-likeness (QED) is 0.414. The third-order valence-electron chi connectivity index (χ3n) is 4.85. The Bertz CT molecular complexity index is 893. The van der Waals surface area contributed by atoms with E-state index in [0.29, 0.717) is 32.5 Å². The Hall–Kier alpha value is -1.75. The lowest BCUT2D eigenvalue weighted by Crippen LogP contribution is -2.39. The Morgan fingerprint density at radius 2 is 1.93 bits per heavy atom. The summed E-state index contributed by atoms with van der Waals surface area (Å²) in [5.74, 6) is 0.723. The first-order valence-electron chi connectivity index (χ1n) is 9.80. The highest BCUT2D eigenvalue weighted by atomic mass is 32.2. The highest BCUT2D eigenvalue weighted by molar-refractivity contribution is 7.86. The van der Waals surface area contributed by atoms with Gasteiger partial charge >= 0.3 is 0 Å². The van der Waals surface area contributed by atoms with Crippen LogP contribution in [0, 0.1) is 0 Å². The number of rotatable bonds is 11. The lowest BCUT2D eigenvalue weighted by Gasteiger charge is -2.16. The van der Waals surface area contributed by atoms with Crippen LogP contribution in [-0.4, -0.2) is 75.3 Å². The lowest BCUT2D eigenvalue weighted by atomic mass is 10.1. The van der Waals surface area contributed by atoms with Crippen LogP contribution in [0.15, 0.2) is 42.5 Å². The largest absolute Gasteiger partial charge is 0.493 e. The van der Waals surface area contributed by atoms with E-state index < -0.39 is 10.1 Å². The summed E-state index contributed by atoms with van der Waals surface area (Å²) in [7, 11) is -1.70. The van der Waals surface area contributed by atoms with Crippen molar-refractivity contribution in [3.63, 3.8) is 0 Å². The fraction of sp³-hybridized carbons (Fsp3) is 0.500. The Morgan fingerprint density at radius 3 is 2.69 bits per heavy atom. The number of nitrogens with one attached hydrogen (secondary N) is 1. The van der Waals surface area contributed by atoms with Crippen molar-refractivity contribution in [3.05, 3.63) is 42.5 Å². The number of aliphatic hydroxyl groups excluding tert-OH is 1. The number of hydrogen-bond acceptors (Lipinski definition) is 8. The van der Waals surface area contributed by atoms with Crippen molar-refractivity contribution in [2.45, 2.75) is 18.9 Å². The van der Waals surface area contributed by atoms with Gasteiger partial charge in [0.15, 0.2) is 0 Å². The van der Waals surface area contributed by atoms with Crippen molar-refractivity contribution >= 4 is 20.9 Å². The molecule has 0 spiro atoms. The first-order valence-corrected chi connectivity index (χ1v) is 11.4. The molecule has 2 aromatic carbocycles. The number of nitrogens with zero attached hydrogens (tertiary/aromatic N) is 2. The highest BCUT2D eigenvalue weighted by Gasteiger charge is 2.26. The molecule has 3 rings (SSSR count). The molecule has 1 aliphatic rings. The van der Waals surface area contributed by atoms with Crippen LogP contribution in [0.3, 0.4) is 0 Å². The van der Waals surface area contributed by atoms with Crippen molar-refractivity contribution in [1.82, 2.24) is 15.6 Å². The monoisotopic (exact) mass is 423 g/mol. The lowest BCUT2D eigenvalue weighted by molar-refractivity contribution is 0.113. The SMILES string of the molecule is CN1NN(CCCS(=O)(=O)OCCCOc2ccc3ccccc3c2)CC1CO. The fourth-order valence-corrected chi connectivity index (χ4v) is 4.20. The Balaban J connectivity index is 1.31. The van der Waals surface area contributed by atoms with Crippen LogP contribution < -0.4 is 10.3 Å². The van der Waals surface area contributed by atoms with E-state index in [2.05, 4.69) is 5.53 Å². The third kappa shape index (κ3) is 6.63. The minimum Gasteiger partial charge on any atom is -0.493 e. The van der Waals surface area contributed by atoms with Gasteiger partial charge in [0.05, 0.1) is 31.6 Å². The zero-order valence-corrected chi connectivity index (χ0v) is 17.5. The number of benzene rings is 2. The maximum Gasteiger partial charge on any atom is 0.267 e. The number of aliphatic hydroxyl groups is 1. The first kappa shape index (κ1) is 21.9. The van der Waals surface area contributed by atoms with Gasteiger partial charge in [-0.25, -0.2) is 10.0 Å². The second kappa shape index (κ2) is 10.3. The van der Waals surface area contributed by atoms with Crippen molar-refractivity contribution in [3.8, 4) is 5.75 Å². The minimum atomic E-state index is -3.55. The van der Waals surface area contributed by atoms with Gasteiger partial charge in [0.2, 0.25) is 0 Å². The number of ether oxygens (including phenoxy) is 1. The number of hydrazine groups is 2. The zero-order chi connectivity index (χ0) is 20.7. The fourth-order valence-electron chi connectivity index (χ4n) is 3.23. The molecule has 1 aliphatic heterocycles. The summed E-state index contributed by atoms with van der Waals surface area (Å²) in [6.45, 7) is 1.77. The topological polar surface area (TPSA) is 91.3 Å². The summed E-state index contributed by atoms with van der Waals surface area (Å²) >= 11 is 0. The molecule has 0 aliphatic carbocycles. The molecule has 9 heteroatoms. The van der Waals surface area contributed by atoms with E-state index in [1.54, 1.807) is 0 Å². The Kier molecular flexibility index (Phi) is 7.82. The maximum atomic E-state index is 12.0. The molecule has 0 amide bonds. The standard InChI is InChI=1S/C20H29N3O5S/c1-22-19(16-24)15-23(21-22)10-4-13-29(25,26)28-12-5-11-27-20-9-8-17-6-2-3-7-18(17)14-20/h2-3,6-9,14,19,21,24H,4-5,10-13,15-16H2,1H3. The van der Waals surface area contributed by atoms with Crippen LogP contribution >= 0.6 is 0 Å². The molecule has 0 radical (unpaired) electrons. The first-order chi connectivity index (χ1) is 14.0. The van der Waals surface area contributed by atoms with Gasteiger partial charge < -0.3 is 9.84 Å². The molecule has 2 N–H and O–H groups in total. The molecule has 0 aromatic heterocycles. The normalized spacial score (nSPS) is 18.5. The van der Waals surface area contributed by atoms with E-state index in [4.69, 9.17) is 8.92 Å². The highest BCUT2D eigenvalue weighted by Crippen LogP contribution is 2.20. The molecule has 29 heavy (non-hydrogen) atoms. The van der Waals surface area contributed by atoms with Crippen LogP contribution in [0.2, 0.25) is 0 Å². The van der Waals surface area contributed by atoms with Crippen LogP contribution in [0.1, 0.15) is 12.8 Å². The Labute approximate surface area is 172 Å². The van der Waals surface area contributed by atoms with Crippen LogP contribution in [0.25, 0.3) is 10.8 Å². The van der Waals surface area contributed by atoms with Crippen molar-refractivity contribution in [1.29, 1.82) is 0 Å². The van der Waals surface area contributed by atoms with E-state index in [1.165, 1.54) is 0 Å². The summed E-state index contributed by atoms with van der Waals surface area (Å²) in [5, 5.41) is 15.2.